The fraction of sp³-hybridized carbons (Fsp3) is 0.538. The third-order valence-electron chi connectivity index (χ3n) is 3.36. The van der Waals surface area contributed by atoms with Gasteiger partial charge in [-0.3, -0.25) is 9.59 Å². The first-order valence-electron chi connectivity index (χ1n) is 6.53. The minimum absolute atomic E-state index is 0.0443. The van der Waals surface area contributed by atoms with Crippen molar-refractivity contribution < 1.29 is 14.7 Å². The highest BCUT2D eigenvalue weighted by Crippen LogP contribution is 2.25. The normalized spacial score (nSPS) is 18.1. The molecule has 1 atom stereocenters. The van der Waals surface area contributed by atoms with E-state index in [2.05, 4.69) is 10.2 Å². The summed E-state index contributed by atoms with van der Waals surface area (Å²) >= 11 is 0. The van der Waals surface area contributed by atoms with Crippen LogP contribution in [0.4, 0.5) is 5.82 Å². The van der Waals surface area contributed by atoms with Crippen LogP contribution in [0.3, 0.4) is 0 Å². The minimum atomic E-state index is -0.811. The molecular formula is C13H18N4O3. The standard InChI is InChI=1S/C13H18N4O3/c1-16(2)13(20)10-5-6-11(15-14-10)17-7-3-4-9(17)8-12(18)19/h5-6,9H,3-4,7-8H2,1-2H3,(H,18,19). The Balaban J connectivity index is 2.13. The van der Waals surface area contributed by atoms with E-state index in [0.29, 0.717) is 5.82 Å². The lowest BCUT2D eigenvalue weighted by molar-refractivity contribution is -0.137. The molecule has 1 aromatic rings. The Labute approximate surface area is 117 Å². The van der Waals surface area contributed by atoms with Crippen molar-refractivity contribution in [2.24, 2.45) is 0 Å². The number of aliphatic carboxylic acids is 1. The van der Waals surface area contributed by atoms with Crippen LogP contribution in [0.2, 0.25) is 0 Å². The molecular weight excluding hydrogens is 260 g/mol. The van der Waals surface area contributed by atoms with Crippen LogP contribution < -0.4 is 4.90 Å². The first-order valence-corrected chi connectivity index (χ1v) is 6.53. The maximum Gasteiger partial charge on any atom is 0.305 e. The van der Waals surface area contributed by atoms with Crippen LogP contribution in [-0.4, -0.2) is 58.8 Å². The number of nitrogens with zero attached hydrogens (tertiary/aromatic N) is 4. The molecule has 1 saturated heterocycles. The van der Waals surface area contributed by atoms with Crippen molar-refractivity contribution in [2.45, 2.75) is 25.3 Å². The summed E-state index contributed by atoms with van der Waals surface area (Å²) < 4.78 is 0. The summed E-state index contributed by atoms with van der Waals surface area (Å²) in [4.78, 5) is 25.9. The zero-order valence-corrected chi connectivity index (χ0v) is 11.6. The Hall–Kier alpha value is -2.18. The number of carboxylic acid groups (broad SMARTS) is 1. The van der Waals surface area contributed by atoms with E-state index < -0.39 is 5.97 Å². The molecule has 1 N–H and O–H groups in total. The lowest BCUT2D eigenvalue weighted by atomic mass is 10.1. The Morgan fingerprint density at radius 3 is 2.70 bits per heavy atom. The molecule has 0 radical (unpaired) electrons. The second kappa shape index (κ2) is 5.85. The van der Waals surface area contributed by atoms with Gasteiger partial charge in [0.2, 0.25) is 0 Å². The molecule has 2 rings (SSSR count). The molecule has 1 unspecified atom stereocenters. The molecule has 0 saturated carbocycles. The lowest BCUT2D eigenvalue weighted by Gasteiger charge is -2.24. The number of carboxylic acids is 1. The summed E-state index contributed by atoms with van der Waals surface area (Å²) in [6.07, 6.45) is 1.88. The zero-order valence-electron chi connectivity index (χ0n) is 11.6. The van der Waals surface area contributed by atoms with E-state index in [9.17, 15) is 9.59 Å². The maximum absolute atomic E-state index is 11.7. The van der Waals surface area contributed by atoms with E-state index >= 15 is 0 Å². The van der Waals surface area contributed by atoms with Crippen LogP contribution in [0, 0.1) is 0 Å². The van der Waals surface area contributed by atoms with Gasteiger partial charge in [0.25, 0.3) is 5.91 Å². The first-order chi connectivity index (χ1) is 9.49. The molecule has 20 heavy (non-hydrogen) atoms. The number of carbonyl (C=O) groups excluding carboxylic acids is 1. The van der Waals surface area contributed by atoms with Gasteiger partial charge in [0, 0.05) is 26.7 Å². The Bertz CT molecular complexity index is 501. The summed E-state index contributed by atoms with van der Waals surface area (Å²) in [7, 11) is 3.31. The predicted octanol–water partition coefficient (Wildman–Crippen LogP) is 0.622. The lowest BCUT2D eigenvalue weighted by Crippen LogP contribution is -2.32. The highest BCUT2D eigenvalue weighted by Gasteiger charge is 2.28. The van der Waals surface area contributed by atoms with Gasteiger partial charge in [0.15, 0.2) is 11.5 Å². The number of rotatable bonds is 4. The Morgan fingerprint density at radius 2 is 2.15 bits per heavy atom. The number of aromatic nitrogens is 2. The molecule has 0 spiro atoms. The topological polar surface area (TPSA) is 86.6 Å². The fourth-order valence-electron chi connectivity index (χ4n) is 2.37. The minimum Gasteiger partial charge on any atom is -0.481 e. The highest BCUT2D eigenvalue weighted by atomic mass is 16.4. The van der Waals surface area contributed by atoms with E-state index in [1.54, 1.807) is 26.2 Å². The second-order valence-electron chi connectivity index (χ2n) is 5.06. The van der Waals surface area contributed by atoms with Gasteiger partial charge in [-0.05, 0) is 25.0 Å². The zero-order chi connectivity index (χ0) is 14.7. The van der Waals surface area contributed by atoms with Crippen LogP contribution in [0.1, 0.15) is 29.8 Å². The number of carbonyl (C=O) groups is 2. The van der Waals surface area contributed by atoms with Gasteiger partial charge in [-0.25, -0.2) is 0 Å². The molecule has 2 heterocycles. The molecule has 7 heteroatoms. The van der Waals surface area contributed by atoms with E-state index in [4.69, 9.17) is 5.11 Å². The van der Waals surface area contributed by atoms with Crippen molar-refractivity contribution in [3.63, 3.8) is 0 Å². The number of hydrogen-bond donors (Lipinski definition) is 1. The van der Waals surface area contributed by atoms with Crippen LogP contribution in [0.25, 0.3) is 0 Å². The summed E-state index contributed by atoms with van der Waals surface area (Å²) in [5.41, 5.74) is 0.285. The first kappa shape index (κ1) is 14.2. The third-order valence-corrected chi connectivity index (χ3v) is 3.36. The molecule has 7 nitrogen and oxygen atoms in total. The summed E-state index contributed by atoms with van der Waals surface area (Å²) in [6.45, 7) is 0.771. The molecule has 1 aromatic heterocycles. The predicted molar refractivity (Wildman–Crippen MR) is 72.7 cm³/mol. The monoisotopic (exact) mass is 278 g/mol. The van der Waals surface area contributed by atoms with Crippen molar-refractivity contribution in [1.29, 1.82) is 0 Å². The second-order valence-corrected chi connectivity index (χ2v) is 5.06. The number of anilines is 1. The SMILES string of the molecule is CN(C)C(=O)c1ccc(N2CCCC2CC(=O)O)nn1. The van der Waals surface area contributed by atoms with E-state index in [1.807, 2.05) is 4.90 Å². The van der Waals surface area contributed by atoms with Crippen LogP contribution >= 0.6 is 0 Å². The summed E-state index contributed by atoms with van der Waals surface area (Å²) in [5, 5.41) is 16.9. The van der Waals surface area contributed by atoms with Gasteiger partial charge in [0.05, 0.1) is 6.42 Å². The molecule has 1 fully saturated rings. The smallest absolute Gasteiger partial charge is 0.305 e. The Morgan fingerprint density at radius 1 is 1.40 bits per heavy atom. The van der Waals surface area contributed by atoms with E-state index in [-0.39, 0.29) is 24.1 Å². The van der Waals surface area contributed by atoms with Gasteiger partial charge < -0.3 is 14.9 Å². The molecule has 0 bridgehead atoms. The molecule has 0 aromatic carbocycles. The fourth-order valence-corrected chi connectivity index (χ4v) is 2.37. The van der Waals surface area contributed by atoms with Crippen molar-refractivity contribution in [3.05, 3.63) is 17.8 Å². The molecule has 1 amide bonds. The van der Waals surface area contributed by atoms with Gasteiger partial charge in [-0.2, -0.15) is 0 Å². The average molecular weight is 278 g/mol. The van der Waals surface area contributed by atoms with E-state index in [1.165, 1.54) is 4.90 Å². The van der Waals surface area contributed by atoms with Gasteiger partial charge in [0.1, 0.15) is 0 Å². The van der Waals surface area contributed by atoms with Crippen LogP contribution in [0.15, 0.2) is 12.1 Å². The number of amides is 1. The highest BCUT2D eigenvalue weighted by molar-refractivity contribution is 5.91. The van der Waals surface area contributed by atoms with Gasteiger partial charge >= 0.3 is 5.97 Å². The molecule has 0 aliphatic carbocycles. The molecule has 1 aliphatic rings. The van der Waals surface area contributed by atoms with Gasteiger partial charge in [-0.1, -0.05) is 0 Å². The summed E-state index contributed by atoms with van der Waals surface area (Å²) in [6, 6.07) is 3.31. The van der Waals surface area contributed by atoms with Gasteiger partial charge in [-0.15, -0.1) is 10.2 Å². The maximum atomic E-state index is 11.7. The van der Waals surface area contributed by atoms with Crippen molar-refractivity contribution >= 4 is 17.7 Å². The van der Waals surface area contributed by atoms with Crippen molar-refractivity contribution in [1.82, 2.24) is 15.1 Å². The van der Waals surface area contributed by atoms with Crippen LogP contribution in [-0.2, 0) is 4.79 Å². The molecule has 1 aliphatic heterocycles. The largest absolute Gasteiger partial charge is 0.481 e. The van der Waals surface area contributed by atoms with Crippen molar-refractivity contribution in [3.8, 4) is 0 Å². The third kappa shape index (κ3) is 3.04. The quantitative estimate of drug-likeness (QED) is 0.869. The molecule has 108 valence electrons. The Kier molecular flexibility index (Phi) is 4.16. The average Bonchev–Trinajstić information content (AvgIpc) is 2.85. The van der Waals surface area contributed by atoms with E-state index in [0.717, 1.165) is 19.4 Å². The number of hydrogen-bond acceptors (Lipinski definition) is 5. The summed E-state index contributed by atoms with van der Waals surface area (Å²) in [5.74, 6) is -0.383. The van der Waals surface area contributed by atoms with Crippen LogP contribution in [0.5, 0.6) is 0 Å². The van der Waals surface area contributed by atoms with Crippen molar-refractivity contribution in [2.75, 3.05) is 25.5 Å².